The Hall–Kier alpha value is -1.20. The van der Waals surface area contributed by atoms with Crippen molar-refractivity contribution in [2.24, 2.45) is 5.73 Å². The molecular formula is C13H15BrN4. The first kappa shape index (κ1) is 11.9. The summed E-state index contributed by atoms with van der Waals surface area (Å²) >= 11 is 3.43. The minimum Gasteiger partial charge on any atom is -0.368 e. The lowest BCUT2D eigenvalue weighted by Gasteiger charge is -2.32. The van der Waals surface area contributed by atoms with Gasteiger partial charge >= 0.3 is 0 Å². The first-order valence-electron chi connectivity index (χ1n) is 6.15. The van der Waals surface area contributed by atoms with Gasteiger partial charge in [0.05, 0.1) is 11.2 Å². The predicted molar refractivity (Wildman–Crippen MR) is 76.7 cm³/mol. The highest BCUT2D eigenvalue weighted by atomic mass is 79.9. The molecule has 1 atom stereocenters. The van der Waals surface area contributed by atoms with E-state index in [0.717, 1.165) is 47.1 Å². The lowest BCUT2D eigenvalue weighted by atomic mass is 10.1. The van der Waals surface area contributed by atoms with Crippen molar-refractivity contribution in [1.82, 2.24) is 9.97 Å². The Balaban J connectivity index is 2.05. The largest absolute Gasteiger partial charge is 0.368 e. The summed E-state index contributed by atoms with van der Waals surface area (Å²) in [6.45, 7) is 1.95. The van der Waals surface area contributed by atoms with E-state index >= 15 is 0 Å². The molecule has 3 heterocycles. The highest BCUT2D eigenvalue weighted by Gasteiger charge is 2.19. The summed E-state index contributed by atoms with van der Waals surface area (Å²) in [5.74, 6) is 0. The zero-order valence-corrected chi connectivity index (χ0v) is 11.6. The Morgan fingerprint density at radius 3 is 3.11 bits per heavy atom. The van der Waals surface area contributed by atoms with Gasteiger partial charge < -0.3 is 10.6 Å². The van der Waals surface area contributed by atoms with Crippen molar-refractivity contribution in [2.45, 2.75) is 18.9 Å². The summed E-state index contributed by atoms with van der Waals surface area (Å²) in [6.07, 6.45) is 5.91. The molecule has 0 radical (unpaired) electrons. The molecule has 3 rings (SSSR count). The van der Waals surface area contributed by atoms with Crippen LogP contribution in [0, 0.1) is 0 Å². The van der Waals surface area contributed by atoms with Crippen LogP contribution in [0.4, 0.5) is 5.69 Å². The van der Waals surface area contributed by atoms with Gasteiger partial charge in [-0.2, -0.15) is 0 Å². The van der Waals surface area contributed by atoms with Crippen LogP contribution in [0.3, 0.4) is 0 Å². The monoisotopic (exact) mass is 306 g/mol. The van der Waals surface area contributed by atoms with E-state index in [9.17, 15) is 0 Å². The first-order valence-corrected chi connectivity index (χ1v) is 6.94. The Bertz CT molecular complexity index is 572. The minimum atomic E-state index is 0.261. The lowest BCUT2D eigenvalue weighted by Crippen LogP contribution is -2.42. The van der Waals surface area contributed by atoms with Gasteiger partial charge in [0.15, 0.2) is 0 Å². The summed E-state index contributed by atoms with van der Waals surface area (Å²) < 4.78 is 0.954. The smallest absolute Gasteiger partial charge is 0.112 e. The van der Waals surface area contributed by atoms with E-state index in [0.29, 0.717) is 0 Å². The molecule has 0 saturated carbocycles. The van der Waals surface area contributed by atoms with Crippen LogP contribution in [0.25, 0.3) is 11.0 Å². The fraction of sp³-hybridized carbons (Fsp3) is 0.385. The number of aromatic nitrogens is 2. The van der Waals surface area contributed by atoms with E-state index in [1.165, 1.54) is 0 Å². The Morgan fingerprint density at radius 1 is 1.39 bits per heavy atom. The van der Waals surface area contributed by atoms with Gasteiger partial charge in [0.2, 0.25) is 0 Å². The van der Waals surface area contributed by atoms with Crippen molar-refractivity contribution in [3.05, 3.63) is 29.0 Å². The minimum absolute atomic E-state index is 0.261. The molecule has 2 aromatic rings. The maximum absolute atomic E-state index is 6.05. The van der Waals surface area contributed by atoms with Crippen molar-refractivity contribution in [1.29, 1.82) is 0 Å². The Kier molecular flexibility index (Phi) is 3.18. The van der Waals surface area contributed by atoms with Crippen LogP contribution in [-0.2, 0) is 0 Å². The maximum atomic E-state index is 6.05. The number of fused-ring (bicyclic) bond motifs is 1. The molecule has 0 spiro atoms. The molecule has 4 nitrogen and oxygen atoms in total. The highest BCUT2D eigenvalue weighted by Crippen LogP contribution is 2.27. The molecule has 5 heteroatoms. The number of pyridine rings is 2. The van der Waals surface area contributed by atoms with Gasteiger partial charge in [-0.3, -0.25) is 9.97 Å². The van der Waals surface area contributed by atoms with Crippen LogP contribution in [0.5, 0.6) is 0 Å². The third kappa shape index (κ3) is 2.20. The SMILES string of the molecule is NC1CCCN(c2ccnc3cc(Br)cnc23)C1. The molecule has 2 N–H and O–H groups in total. The van der Waals surface area contributed by atoms with Crippen molar-refractivity contribution < 1.29 is 0 Å². The number of anilines is 1. The van der Waals surface area contributed by atoms with Crippen LogP contribution in [0.2, 0.25) is 0 Å². The molecular weight excluding hydrogens is 292 g/mol. The number of piperidine rings is 1. The summed E-state index contributed by atoms with van der Waals surface area (Å²) in [6, 6.07) is 4.29. The third-order valence-electron chi connectivity index (χ3n) is 3.32. The molecule has 1 fully saturated rings. The summed E-state index contributed by atoms with van der Waals surface area (Å²) in [5, 5.41) is 0. The lowest BCUT2D eigenvalue weighted by molar-refractivity contribution is 0.507. The number of nitrogens with zero attached hydrogens (tertiary/aromatic N) is 3. The first-order chi connectivity index (χ1) is 8.74. The molecule has 0 amide bonds. The number of hydrogen-bond donors (Lipinski definition) is 1. The molecule has 94 valence electrons. The predicted octanol–water partition coefficient (Wildman–Crippen LogP) is 2.32. The number of halogens is 1. The van der Waals surface area contributed by atoms with Gasteiger partial charge in [0.1, 0.15) is 5.52 Å². The molecule has 0 aromatic carbocycles. The van der Waals surface area contributed by atoms with Gasteiger partial charge in [-0.05, 0) is 40.9 Å². The third-order valence-corrected chi connectivity index (χ3v) is 3.76. The number of nitrogens with two attached hydrogens (primary N) is 1. The summed E-state index contributed by atoms with van der Waals surface area (Å²) in [5.41, 5.74) is 9.06. The molecule has 1 saturated heterocycles. The number of hydrogen-bond acceptors (Lipinski definition) is 4. The van der Waals surface area contributed by atoms with E-state index in [-0.39, 0.29) is 6.04 Å². The molecule has 1 aliphatic heterocycles. The van der Waals surface area contributed by atoms with Crippen LogP contribution in [-0.4, -0.2) is 29.1 Å². The highest BCUT2D eigenvalue weighted by molar-refractivity contribution is 9.10. The van der Waals surface area contributed by atoms with Gasteiger partial charge in [0.25, 0.3) is 0 Å². The molecule has 0 aliphatic carbocycles. The van der Waals surface area contributed by atoms with Gasteiger partial charge in [0, 0.05) is 36.0 Å². The van der Waals surface area contributed by atoms with Crippen LogP contribution >= 0.6 is 15.9 Å². The van der Waals surface area contributed by atoms with Gasteiger partial charge in [-0.1, -0.05) is 0 Å². The fourth-order valence-electron chi connectivity index (χ4n) is 2.48. The summed E-state index contributed by atoms with van der Waals surface area (Å²) in [7, 11) is 0. The molecule has 1 unspecified atom stereocenters. The summed E-state index contributed by atoms with van der Waals surface area (Å²) in [4.78, 5) is 11.2. The maximum Gasteiger partial charge on any atom is 0.112 e. The zero-order chi connectivity index (χ0) is 12.5. The second kappa shape index (κ2) is 4.82. The zero-order valence-electron chi connectivity index (χ0n) is 10.0. The number of rotatable bonds is 1. The molecule has 0 bridgehead atoms. The van der Waals surface area contributed by atoms with Crippen molar-refractivity contribution >= 4 is 32.7 Å². The van der Waals surface area contributed by atoms with E-state index < -0.39 is 0 Å². The Labute approximate surface area is 114 Å². The molecule has 1 aliphatic rings. The van der Waals surface area contributed by atoms with Crippen molar-refractivity contribution in [3.63, 3.8) is 0 Å². The topological polar surface area (TPSA) is 55.0 Å². The Morgan fingerprint density at radius 2 is 2.28 bits per heavy atom. The fourth-order valence-corrected chi connectivity index (χ4v) is 2.79. The second-order valence-corrected chi connectivity index (χ2v) is 5.62. The van der Waals surface area contributed by atoms with Gasteiger partial charge in [-0.15, -0.1) is 0 Å². The second-order valence-electron chi connectivity index (χ2n) is 4.70. The van der Waals surface area contributed by atoms with Crippen LogP contribution in [0.15, 0.2) is 29.0 Å². The standard InChI is InChI=1S/C13H15BrN4/c14-9-6-11-13(17-7-9)12(3-4-16-11)18-5-1-2-10(15)8-18/h3-4,6-7,10H,1-2,5,8,15H2. The normalized spacial score (nSPS) is 20.3. The quantitative estimate of drug-likeness (QED) is 0.878. The average Bonchev–Trinajstić information content (AvgIpc) is 2.37. The van der Waals surface area contributed by atoms with Crippen LogP contribution < -0.4 is 10.6 Å². The molecule has 18 heavy (non-hydrogen) atoms. The van der Waals surface area contributed by atoms with Crippen LogP contribution in [0.1, 0.15) is 12.8 Å². The average molecular weight is 307 g/mol. The van der Waals surface area contributed by atoms with Gasteiger partial charge in [-0.25, -0.2) is 0 Å². The van der Waals surface area contributed by atoms with E-state index in [1.54, 1.807) is 0 Å². The van der Waals surface area contributed by atoms with E-state index in [1.807, 2.05) is 24.5 Å². The van der Waals surface area contributed by atoms with Crippen molar-refractivity contribution in [3.8, 4) is 0 Å². The van der Waals surface area contributed by atoms with E-state index in [2.05, 4.69) is 30.8 Å². The molecule has 2 aromatic heterocycles. The van der Waals surface area contributed by atoms with E-state index in [4.69, 9.17) is 5.73 Å². The van der Waals surface area contributed by atoms with Crippen molar-refractivity contribution in [2.75, 3.05) is 18.0 Å².